The third-order valence-electron chi connectivity index (χ3n) is 2.60. The van der Waals surface area contributed by atoms with Gasteiger partial charge in [0.25, 0.3) is 0 Å². The summed E-state index contributed by atoms with van der Waals surface area (Å²) in [5, 5.41) is 11.1. The van der Waals surface area contributed by atoms with Gasteiger partial charge < -0.3 is 19.9 Å². The largest absolute Gasteiger partial charge is 0.508 e. The molecule has 2 N–H and O–H groups in total. The molecule has 0 aromatic carbocycles. The molecule has 114 valence electrons. The minimum atomic E-state index is -1.76. The molecule has 0 saturated carbocycles. The molecule has 0 aliphatic carbocycles. The van der Waals surface area contributed by atoms with Gasteiger partial charge in [0.2, 0.25) is 9.70 Å². The van der Waals surface area contributed by atoms with Crippen molar-refractivity contribution in [3.63, 3.8) is 0 Å². The van der Waals surface area contributed by atoms with Crippen molar-refractivity contribution >= 4 is 52.8 Å². The first-order valence-corrected chi connectivity index (χ1v) is 6.66. The van der Waals surface area contributed by atoms with Crippen molar-refractivity contribution < 1.29 is 29.0 Å². The Balaban J connectivity index is 2.44. The van der Waals surface area contributed by atoms with Gasteiger partial charge in [-0.2, -0.15) is 0 Å². The number of alkyl halides is 3. The van der Waals surface area contributed by atoms with Crippen molar-refractivity contribution in [1.29, 1.82) is 0 Å². The summed E-state index contributed by atoms with van der Waals surface area (Å²) < 4.78 is 7.62. The summed E-state index contributed by atoms with van der Waals surface area (Å²) in [6.45, 7) is 0.952. The number of carbonyl (C=O) groups excluding carboxylic acids is 2. The summed E-state index contributed by atoms with van der Waals surface area (Å²) in [5.41, 5.74) is 0. The quantitative estimate of drug-likeness (QED) is 0.443. The van der Waals surface area contributed by atoms with Gasteiger partial charge in [-0.1, -0.05) is 34.8 Å². The van der Waals surface area contributed by atoms with Crippen LogP contribution in [0.1, 0.15) is 13.3 Å². The molecular weight excluding hydrogens is 336 g/mol. The summed E-state index contributed by atoms with van der Waals surface area (Å²) in [4.78, 5) is 33.3. The number of amides is 1. The molecule has 0 spiro atoms. The third-order valence-corrected chi connectivity index (χ3v) is 2.93. The van der Waals surface area contributed by atoms with Crippen molar-refractivity contribution in [3.8, 4) is 0 Å². The van der Waals surface area contributed by atoms with Crippen LogP contribution in [0.2, 0.25) is 0 Å². The van der Waals surface area contributed by atoms with Crippen molar-refractivity contribution in [1.82, 2.24) is 5.32 Å². The van der Waals surface area contributed by atoms with Crippen LogP contribution in [0.25, 0.3) is 0 Å². The van der Waals surface area contributed by atoms with Gasteiger partial charge in [0.1, 0.15) is 12.7 Å². The second kappa shape index (κ2) is 6.69. The smallest absolute Gasteiger partial charge is 0.481 e. The van der Waals surface area contributed by atoms with Gasteiger partial charge in [-0.15, -0.1) is 0 Å². The van der Waals surface area contributed by atoms with E-state index < -0.39 is 46.5 Å². The molecule has 20 heavy (non-hydrogen) atoms. The molecule has 0 aromatic rings. The number of carboxylic acid groups (broad SMARTS) is 1. The molecule has 7 nitrogen and oxygen atoms in total. The van der Waals surface area contributed by atoms with Crippen molar-refractivity contribution in [2.45, 2.75) is 29.3 Å². The average Bonchev–Trinajstić information content (AvgIpc) is 2.23. The Kier molecular flexibility index (Phi) is 5.73. The predicted octanol–water partition coefficient (Wildman–Crippen LogP) is 1.49. The summed E-state index contributed by atoms with van der Waals surface area (Å²) >= 11 is 16.2. The van der Waals surface area contributed by atoms with E-state index in [1.165, 1.54) is 6.92 Å². The van der Waals surface area contributed by atoms with Gasteiger partial charge >= 0.3 is 12.1 Å². The standard InChI is InChI=1S/C10H12Cl3NO6/c1-4(20-9(18)19-3-10(11,12)13)7-5(2-6(15)16)14-8(7)17/h4-5,7H,2-3H2,1H3,(H,14,17)(H,15,16)/t4?,5-,7-/m1/s1. The fourth-order valence-electron chi connectivity index (χ4n) is 1.76. The van der Waals surface area contributed by atoms with E-state index in [1.54, 1.807) is 0 Å². The van der Waals surface area contributed by atoms with Crippen LogP contribution in [-0.2, 0) is 19.1 Å². The Morgan fingerprint density at radius 1 is 1.45 bits per heavy atom. The highest BCUT2D eigenvalue weighted by Gasteiger charge is 2.45. The Morgan fingerprint density at radius 3 is 2.50 bits per heavy atom. The van der Waals surface area contributed by atoms with E-state index in [-0.39, 0.29) is 6.42 Å². The van der Waals surface area contributed by atoms with Crippen LogP contribution in [0, 0.1) is 5.92 Å². The lowest BCUT2D eigenvalue weighted by molar-refractivity contribution is -0.146. The first-order chi connectivity index (χ1) is 9.10. The van der Waals surface area contributed by atoms with E-state index >= 15 is 0 Å². The monoisotopic (exact) mass is 347 g/mol. The Morgan fingerprint density at radius 2 is 2.05 bits per heavy atom. The summed E-state index contributed by atoms with van der Waals surface area (Å²) in [7, 11) is 0. The van der Waals surface area contributed by atoms with E-state index in [1.807, 2.05) is 0 Å². The Bertz CT molecular complexity index is 410. The molecule has 1 unspecified atom stereocenters. The second-order valence-electron chi connectivity index (χ2n) is 4.22. The minimum absolute atomic E-state index is 0.257. The molecule has 1 saturated heterocycles. The zero-order chi connectivity index (χ0) is 15.5. The zero-order valence-corrected chi connectivity index (χ0v) is 12.5. The van der Waals surface area contributed by atoms with Crippen LogP contribution in [-0.4, -0.2) is 45.7 Å². The van der Waals surface area contributed by atoms with Gasteiger partial charge in [0.05, 0.1) is 18.4 Å². The Hall–Kier alpha value is -0.920. The third kappa shape index (κ3) is 5.22. The maximum atomic E-state index is 11.4. The molecule has 0 radical (unpaired) electrons. The topological polar surface area (TPSA) is 102 Å². The van der Waals surface area contributed by atoms with E-state index in [0.29, 0.717) is 0 Å². The molecule has 0 bridgehead atoms. The number of carboxylic acids is 1. The van der Waals surface area contributed by atoms with Gasteiger partial charge in [0.15, 0.2) is 0 Å². The molecule has 1 aliphatic heterocycles. The van der Waals surface area contributed by atoms with Crippen molar-refractivity contribution in [2.24, 2.45) is 5.92 Å². The maximum Gasteiger partial charge on any atom is 0.508 e. The number of hydrogen-bond acceptors (Lipinski definition) is 5. The molecule has 1 amide bonds. The van der Waals surface area contributed by atoms with E-state index in [2.05, 4.69) is 10.1 Å². The number of aliphatic carboxylic acids is 1. The van der Waals surface area contributed by atoms with E-state index in [0.717, 1.165) is 0 Å². The van der Waals surface area contributed by atoms with Gasteiger partial charge in [-0.3, -0.25) is 9.59 Å². The highest BCUT2D eigenvalue weighted by molar-refractivity contribution is 6.67. The normalized spacial score (nSPS) is 23.3. The van der Waals surface area contributed by atoms with Crippen LogP contribution in [0.3, 0.4) is 0 Å². The fraction of sp³-hybridized carbons (Fsp3) is 0.700. The molecule has 3 atom stereocenters. The van der Waals surface area contributed by atoms with Crippen LogP contribution in [0.5, 0.6) is 0 Å². The second-order valence-corrected chi connectivity index (χ2v) is 6.73. The lowest BCUT2D eigenvalue weighted by atomic mass is 9.84. The maximum absolute atomic E-state index is 11.4. The number of β-lactam (4-membered cyclic amide) rings is 1. The van der Waals surface area contributed by atoms with Crippen molar-refractivity contribution in [2.75, 3.05) is 6.61 Å². The molecule has 1 fully saturated rings. The molecule has 1 aliphatic rings. The van der Waals surface area contributed by atoms with Crippen LogP contribution in [0.15, 0.2) is 0 Å². The number of halogens is 3. The van der Waals surface area contributed by atoms with Crippen LogP contribution >= 0.6 is 34.8 Å². The number of nitrogens with one attached hydrogen (secondary N) is 1. The summed E-state index contributed by atoms with van der Waals surface area (Å²) in [6.07, 6.45) is -2.21. The summed E-state index contributed by atoms with van der Waals surface area (Å²) in [5.74, 6) is -2.20. The molecule has 0 aromatic heterocycles. The zero-order valence-electron chi connectivity index (χ0n) is 10.3. The van der Waals surface area contributed by atoms with Gasteiger partial charge in [-0.25, -0.2) is 4.79 Å². The summed E-state index contributed by atoms with van der Waals surface area (Å²) in [6, 6.07) is -0.587. The average molecular weight is 349 g/mol. The van der Waals surface area contributed by atoms with Crippen LogP contribution in [0.4, 0.5) is 4.79 Å². The Labute approximate surface area is 129 Å². The van der Waals surface area contributed by atoms with Crippen molar-refractivity contribution in [3.05, 3.63) is 0 Å². The van der Waals surface area contributed by atoms with Gasteiger partial charge in [0, 0.05) is 0 Å². The lowest BCUT2D eigenvalue weighted by Crippen LogP contribution is -2.63. The predicted molar refractivity (Wildman–Crippen MR) is 69.9 cm³/mol. The highest BCUT2D eigenvalue weighted by Crippen LogP contribution is 2.27. The SMILES string of the molecule is CC(OC(=O)OCC(Cl)(Cl)Cl)[C@H]1C(=O)N[C@@H]1CC(=O)O. The molecule has 10 heteroatoms. The molecular formula is C10H12Cl3NO6. The van der Waals surface area contributed by atoms with E-state index in [9.17, 15) is 14.4 Å². The highest BCUT2D eigenvalue weighted by atomic mass is 35.6. The lowest BCUT2D eigenvalue weighted by Gasteiger charge is -2.38. The number of ether oxygens (including phenoxy) is 2. The van der Waals surface area contributed by atoms with Gasteiger partial charge in [-0.05, 0) is 6.92 Å². The first kappa shape index (κ1) is 17.1. The molecule has 1 heterocycles. The number of rotatable bonds is 5. The number of hydrogen-bond donors (Lipinski definition) is 2. The van der Waals surface area contributed by atoms with Crippen LogP contribution < -0.4 is 5.32 Å². The first-order valence-electron chi connectivity index (χ1n) is 5.52. The number of carbonyl (C=O) groups is 3. The fourth-order valence-corrected chi connectivity index (χ4v) is 1.93. The molecule has 1 rings (SSSR count). The van der Waals surface area contributed by atoms with E-state index in [4.69, 9.17) is 44.6 Å². The minimum Gasteiger partial charge on any atom is -0.481 e.